The van der Waals surface area contributed by atoms with Crippen LogP contribution >= 0.6 is 0 Å². The number of pyridine rings is 1. The monoisotopic (exact) mass is 646 g/mol. The van der Waals surface area contributed by atoms with Gasteiger partial charge < -0.3 is 15.4 Å². The van der Waals surface area contributed by atoms with Crippen molar-refractivity contribution in [3.05, 3.63) is 95.6 Å². The van der Waals surface area contributed by atoms with E-state index in [4.69, 9.17) is 9.72 Å². The van der Waals surface area contributed by atoms with Crippen molar-refractivity contribution < 1.29 is 19.1 Å². The SMILES string of the molecule is CCOC(=O)c1cccc(NC(=O)C2CCN(Cc3c(-c4ccccc4)nc4ccccc4c3C(=O)NC(C)C3CCCCC3)CC2)c1. The van der Waals surface area contributed by atoms with Crippen LogP contribution in [0.15, 0.2) is 78.9 Å². The van der Waals surface area contributed by atoms with Gasteiger partial charge in [-0.05, 0) is 82.8 Å². The van der Waals surface area contributed by atoms with Gasteiger partial charge in [0.15, 0.2) is 0 Å². The fraction of sp³-hybridized carbons (Fsp3) is 0.400. The van der Waals surface area contributed by atoms with Gasteiger partial charge in [0.25, 0.3) is 5.91 Å². The van der Waals surface area contributed by atoms with Gasteiger partial charge in [-0.25, -0.2) is 9.78 Å². The second-order valence-corrected chi connectivity index (χ2v) is 13.2. The van der Waals surface area contributed by atoms with Gasteiger partial charge in [-0.2, -0.15) is 0 Å². The number of rotatable bonds is 10. The number of amides is 2. The van der Waals surface area contributed by atoms with Crippen molar-refractivity contribution in [2.45, 2.75) is 71.4 Å². The van der Waals surface area contributed by atoms with Crippen LogP contribution in [0, 0.1) is 11.8 Å². The standard InChI is InChI=1S/C40H46N4O4/c1-3-48-40(47)31-17-12-18-32(25-31)42-38(45)30-21-23-44(24-22-30)26-34-36(39(46)41-27(2)28-13-6-4-7-14-28)33-19-10-11-20-35(33)43-37(34)29-15-8-5-9-16-29/h5,8-12,15-20,25,27-28,30H,3-4,6-7,13-14,21-24,26H2,1-2H3,(H,41,46)(H,42,45). The summed E-state index contributed by atoms with van der Waals surface area (Å²) in [5.41, 5.74) is 5.22. The maximum Gasteiger partial charge on any atom is 0.338 e. The summed E-state index contributed by atoms with van der Waals surface area (Å²) in [5, 5.41) is 7.28. The van der Waals surface area contributed by atoms with Gasteiger partial charge >= 0.3 is 5.97 Å². The topological polar surface area (TPSA) is 101 Å². The van der Waals surface area contributed by atoms with Crippen LogP contribution in [0.5, 0.6) is 0 Å². The van der Waals surface area contributed by atoms with E-state index in [0.717, 1.165) is 40.6 Å². The summed E-state index contributed by atoms with van der Waals surface area (Å²) in [7, 11) is 0. The van der Waals surface area contributed by atoms with E-state index in [1.807, 2.05) is 42.5 Å². The predicted octanol–water partition coefficient (Wildman–Crippen LogP) is 7.63. The number of aromatic nitrogens is 1. The molecule has 1 unspecified atom stereocenters. The molecule has 250 valence electrons. The molecule has 8 heteroatoms. The second kappa shape index (κ2) is 15.6. The lowest BCUT2D eigenvalue weighted by Gasteiger charge is -2.33. The lowest BCUT2D eigenvalue weighted by Crippen LogP contribution is -2.40. The number of ether oxygens (including phenoxy) is 1. The summed E-state index contributed by atoms with van der Waals surface area (Å²) in [6, 6.07) is 25.0. The number of hydrogen-bond acceptors (Lipinski definition) is 6. The molecule has 4 aromatic rings. The molecule has 2 amide bonds. The maximum atomic E-state index is 14.3. The first kappa shape index (κ1) is 33.3. The molecule has 48 heavy (non-hydrogen) atoms. The zero-order valence-electron chi connectivity index (χ0n) is 28.0. The third kappa shape index (κ3) is 7.76. The lowest BCUT2D eigenvalue weighted by molar-refractivity contribution is -0.121. The average Bonchev–Trinajstić information content (AvgIpc) is 3.12. The number of esters is 1. The third-order valence-corrected chi connectivity index (χ3v) is 9.96. The Labute approximate surface area is 283 Å². The zero-order chi connectivity index (χ0) is 33.5. The quantitative estimate of drug-likeness (QED) is 0.172. The van der Waals surface area contributed by atoms with E-state index in [0.29, 0.717) is 61.8 Å². The highest BCUT2D eigenvalue weighted by atomic mass is 16.5. The van der Waals surface area contributed by atoms with Gasteiger partial charge in [0.05, 0.1) is 28.9 Å². The number of carbonyl (C=O) groups is 3. The van der Waals surface area contributed by atoms with Crippen LogP contribution in [-0.2, 0) is 16.1 Å². The molecule has 1 saturated heterocycles. The van der Waals surface area contributed by atoms with Crippen LogP contribution < -0.4 is 10.6 Å². The molecule has 2 aliphatic rings. The summed E-state index contributed by atoms with van der Waals surface area (Å²) >= 11 is 0. The van der Waals surface area contributed by atoms with Crippen LogP contribution in [0.1, 0.15) is 85.1 Å². The van der Waals surface area contributed by atoms with E-state index < -0.39 is 5.97 Å². The second-order valence-electron chi connectivity index (χ2n) is 13.2. The number of nitrogens with zero attached hydrogens (tertiary/aromatic N) is 2. The summed E-state index contributed by atoms with van der Waals surface area (Å²) in [5.74, 6) is -0.167. The van der Waals surface area contributed by atoms with Gasteiger partial charge in [0.1, 0.15) is 0 Å². The van der Waals surface area contributed by atoms with E-state index in [-0.39, 0.29) is 23.8 Å². The summed E-state index contributed by atoms with van der Waals surface area (Å²) in [6.07, 6.45) is 7.40. The maximum absolute atomic E-state index is 14.3. The predicted molar refractivity (Wildman–Crippen MR) is 190 cm³/mol. The Kier molecular flexibility index (Phi) is 10.8. The number of benzene rings is 3. The molecule has 1 aliphatic heterocycles. The number of hydrogen-bond donors (Lipinski definition) is 2. The Morgan fingerprint density at radius 1 is 0.896 bits per heavy atom. The first-order valence-corrected chi connectivity index (χ1v) is 17.5. The van der Waals surface area contributed by atoms with Crippen molar-refractivity contribution >= 4 is 34.4 Å². The molecular formula is C40H46N4O4. The molecule has 0 radical (unpaired) electrons. The number of anilines is 1. The molecular weight excluding hydrogens is 600 g/mol. The van der Waals surface area contributed by atoms with Gasteiger partial charge in [-0.3, -0.25) is 14.5 Å². The number of piperidine rings is 1. The van der Waals surface area contributed by atoms with E-state index in [2.05, 4.69) is 34.6 Å². The molecule has 2 N–H and O–H groups in total. The largest absolute Gasteiger partial charge is 0.462 e. The first-order chi connectivity index (χ1) is 23.4. The van der Waals surface area contributed by atoms with Gasteiger partial charge in [0, 0.05) is 40.7 Å². The van der Waals surface area contributed by atoms with Crippen LogP contribution in [-0.4, -0.2) is 53.4 Å². The Morgan fingerprint density at radius 2 is 1.62 bits per heavy atom. The van der Waals surface area contributed by atoms with Crippen LogP contribution in [0.25, 0.3) is 22.2 Å². The Balaban J connectivity index is 1.23. The minimum absolute atomic E-state index is 0.0434. The van der Waals surface area contributed by atoms with Crippen molar-refractivity contribution in [3.8, 4) is 11.3 Å². The Morgan fingerprint density at radius 3 is 2.38 bits per heavy atom. The number of nitrogens with one attached hydrogen (secondary N) is 2. The Hall–Kier alpha value is -4.56. The van der Waals surface area contributed by atoms with E-state index in [9.17, 15) is 14.4 Å². The molecule has 6 rings (SSSR count). The highest BCUT2D eigenvalue weighted by Gasteiger charge is 2.30. The highest BCUT2D eigenvalue weighted by molar-refractivity contribution is 6.09. The average molecular weight is 647 g/mol. The minimum Gasteiger partial charge on any atom is -0.462 e. The van der Waals surface area contributed by atoms with Gasteiger partial charge in [-0.1, -0.05) is 73.9 Å². The van der Waals surface area contributed by atoms with Crippen molar-refractivity contribution in [1.82, 2.24) is 15.2 Å². The molecule has 1 atom stereocenters. The molecule has 8 nitrogen and oxygen atoms in total. The highest BCUT2D eigenvalue weighted by Crippen LogP contribution is 2.33. The first-order valence-electron chi connectivity index (χ1n) is 17.5. The van der Waals surface area contributed by atoms with Crippen molar-refractivity contribution in [2.24, 2.45) is 11.8 Å². The van der Waals surface area contributed by atoms with E-state index in [1.54, 1.807) is 31.2 Å². The van der Waals surface area contributed by atoms with Crippen molar-refractivity contribution in [3.63, 3.8) is 0 Å². The number of likely N-dealkylation sites (tertiary alicyclic amines) is 1. The van der Waals surface area contributed by atoms with Crippen LogP contribution in [0.4, 0.5) is 5.69 Å². The molecule has 0 bridgehead atoms. The number of para-hydroxylation sites is 1. The van der Waals surface area contributed by atoms with Crippen LogP contribution in [0.2, 0.25) is 0 Å². The molecule has 1 saturated carbocycles. The minimum atomic E-state index is -0.406. The van der Waals surface area contributed by atoms with Crippen molar-refractivity contribution in [2.75, 3.05) is 25.0 Å². The third-order valence-electron chi connectivity index (χ3n) is 9.96. The van der Waals surface area contributed by atoms with Crippen LogP contribution in [0.3, 0.4) is 0 Å². The molecule has 3 aromatic carbocycles. The smallest absolute Gasteiger partial charge is 0.338 e. The number of fused-ring (bicyclic) bond motifs is 1. The van der Waals surface area contributed by atoms with Crippen molar-refractivity contribution in [1.29, 1.82) is 0 Å². The fourth-order valence-electron chi connectivity index (χ4n) is 7.29. The molecule has 0 spiro atoms. The molecule has 1 aromatic heterocycles. The van der Waals surface area contributed by atoms with E-state index >= 15 is 0 Å². The molecule has 2 heterocycles. The number of carbonyl (C=O) groups excluding carboxylic acids is 3. The summed E-state index contributed by atoms with van der Waals surface area (Å²) in [4.78, 5) is 47.3. The summed E-state index contributed by atoms with van der Waals surface area (Å²) < 4.78 is 5.11. The lowest BCUT2D eigenvalue weighted by atomic mass is 9.84. The van der Waals surface area contributed by atoms with Gasteiger partial charge in [0.2, 0.25) is 5.91 Å². The zero-order valence-corrected chi connectivity index (χ0v) is 28.0. The normalized spacial score (nSPS) is 16.7. The molecule has 1 aliphatic carbocycles. The fourth-order valence-corrected chi connectivity index (χ4v) is 7.29. The van der Waals surface area contributed by atoms with Gasteiger partial charge in [-0.15, -0.1) is 0 Å². The Bertz CT molecular complexity index is 1740. The molecule has 2 fully saturated rings. The summed E-state index contributed by atoms with van der Waals surface area (Å²) in [6.45, 7) is 6.19. The van der Waals surface area contributed by atoms with E-state index in [1.165, 1.54) is 19.3 Å².